The molecule has 0 unspecified atom stereocenters. The molecule has 1 aromatic heterocycles. The smallest absolute Gasteiger partial charge is 0.397 e. The van der Waals surface area contributed by atoms with E-state index in [1.807, 2.05) is 0 Å². The number of aliphatic hydroxyl groups is 1. The van der Waals surface area contributed by atoms with Crippen molar-refractivity contribution in [2.45, 2.75) is 95.9 Å². The van der Waals surface area contributed by atoms with E-state index in [1.54, 1.807) is 6.07 Å². The lowest BCUT2D eigenvalue weighted by Gasteiger charge is -2.63. The van der Waals surface area contributed by atoms with Crippen molar-refractivity contribution < 1.29 is 36.2 Å². The Bertz CT molecular complexity index is 1170. The van der Waals surface area contributed by atoms with Crippen LogP contribution in [0.2, 0.25) is 0 Å². The van der Waals surface area contributed by atoms with Crippen LogP contribution in [-0.4, -0.2) is 41.9 Å². The highest BCUT2D eigenvalue weighted by Gasteiger charge is 2.70. The summed E-state index contributed by atoms with van der Waals surface area (Å²) >= 11 is 0. The van der Waals surface area contributed by atoms with Crippen LogP contribution in [0.1, 0.15) is 83.6 Å². The zero-order valence-corrected chi connectivity index (χ0v) is 21.8. The van der Waals surface area contributed by atoms with E-state index in [9.17, 15) is 23.1 Å². The van der Waals surface area contributed by atoms with Crippen LogP contribution >= 0.6 is 0 Å². The van der Waals surface area contributed by atoms with Gasteiger partial charge in [0.15, 0.2) is 0 Å². The lowest BCUT2D eigenvalue weighted by molar-refractivity contribution is -0.205. The van der Waals surface area contributed by atoms with Gasteiger partial charge in [-0.25, -0.2) is 8.98 Å². The third-order valence-electron chi connectivity index (χ3n) is 10.4. The second kappa shape index (κ2) is 8.64. The molecule has 0 bridgehead atoms. The largest absolute Gasteiger partial charge is 0.462 e. The van der Waals surface area contributed by atoms with E-state index in [2.05, 4.69) is 13.8 Å². The minimum Gasteiger partial charge on any atom is -0.462 e. The monoisotopic (exact) mass is 524 g/mol. The SMILES string of the molecule is CC(=O)O[C@H]1C[C@]2(O)[C@@H]3CC[C@@H]4C[C@@H](OS(=O)(=O)O)CC[C@]4(C)[C@H]3CC[C@]2(C)[C@H]1c1ccc(=O)oc1. The van der Waals surface area contributed by atoms with Gasteiger partial charge in [0.2, 0.25) is 0 Å². The fraction of sp³-hybridized carbons (Fsp3) is 0.769. The van der Waals surface area contributed by atoms with E-state index >= 15 is 0 Å². The summed E-state index contributed by atoms with van der Waals surface area (Å²) < 4.78 is 47.6. The zero-order valence-electron chi connectivity index (χ0n) is 21.0. The molecule has 0 aromatic carbocycles. The van der Waals surface area contributed by atoms with Crippen molar-refractivity contribution >= 4 is 16.4 Å². The summed E-state index contributed by atoms with van der Waals surface area (Å²) in [6, 6.07) is 3.08. The van der Waals surface area contributed by atoms with Gasteiger partial charge in [-0.15, -0.1) is 0 Å². The molecule has 9 atom stereocenters. The molecule has 0 spiro atoms. The first-order valence-corrected chi connectivity index (χ1v) is 14.3. The molecule has 0 radical (unpaired) electrons. The average Bonchev–Trinajstić information content (AvgIpc) is 2.99. The van der Waals surface area contributed by atoms with Gasteiger partial charge in [0, 0.05) is 30.7 Å². The summed E-state index contributed by atoms with van der Waals surface area (Å²) in [5.74, 6) is -0.252. The Hall–Kier alpha value is -1.75. The van der Waals surface area contributed by atoms with Crippen molar-refractivity contribution in [3.8, 4) is 0 Å². The fourth-order valence-corrected chi connectivity index (χ4v) is 9.43. The highest BCUT2D eigenvalue weighted by atomic mass is 32.3. The molecule has 0 saturated heterocycles. The molecule has 4 fully saturated rings. The van der Waals surface area contributed by atoms with Gasteiger partial charge in [-0.3, -0.25) is 9.35 Å². The Morgan fingerprint density at radius 3 is 2.50 bits per heavy atom. The molecule has 5 rings (SSSR count). The Morgan fingerprint density at radius 1 is 1.11 bits per heavy atom. The van der Waals surface area contributed by atoms with Crippen molar-refractivity contribution in [3.63, 3.8) is 0 Å². The minimum absolute atomic E-state index is 0.00433. The van der Waals surface area contributed by atoms with Crippen LogP contribution in [0.3, 0.4) is 0 Å². The fourth-order valence-electron chi connectivity index (χ4n) is 8.91. The standard InChI is InChI=1S/C26H36O9S/c1-15(27)34-21-13-26(29)20-6-5-17-12-18(35-36(30,31)32)8-10-24(17,2)19(20)9-11-25(26,3)23(21)16-4-7-22(28)33-14-16/h4,7,14,17-21,23,29H,5-6,8-13H2,1-3H3,(H,30,31,32)/t17-,18+,19+,20-,21+,23+,24+,25-,26+/m1/s1. The number of carbonyl (C=O) groups is 1. The van der Waals surface area contributed by atoms with Gasteiger partial charge in [-0.05, 0) is 79.7 Å². The van der Waals surface area contributed by atoms with Gasteiger partial charge >= 0.3 is 22.0 Å². The predicted molar refractivity (Wildman–Crippen MR) is 128 cm³/mol. The maximum atomic E-state index is 12.5. The Kier molecular flexibility index (Phi) is 6.21. The number of rotatable bonds is 4. The topological polar surface area (TPSA) is 140 Å². The van der Waals surface area contributed by atoms with Gasteiger partial charge in [-0.2, -0.15) is 8.42 Å². The predicted octanol–water partition coefficient (Wildman–Crippen LogP) is 3.61. The number of fused-ring (bicyclic) bond motifs is 5. The molecule has 1 heterocycles. The summed E-state index contributed by atoms with van der Waals surface area (Å²) in [6.07, 6.45) is 5.77. The molecule has 4 saturated carbocycles. The second-order valence-electron chi connectivity index (χ2n) is 12.0. The van der Waals surface area contributed by atoms with Gasteiger partial charge in [0.25, 0.3) is 0 Å². The Morgan fingerprint density at radius 2 is 1.86 bits per heavy atom. The summed E-state index contributed by atoms with van der Waals surface area (Å²) in [6.45, 7) is 5.71. The summed E-state index contributed by atoms with van der Waals surface area (Å²) in [4.78, 5) is 23.7. The molecule has 0 aliphatic heterocycles. The molecular formula is C26H36O9S. The second-order valence-corrected chi connectivity index (χ2v) is 13.1. The van der Waals surface area contributed by atoms with E-state index in [1.165, 1.54) is 19.3 Å². The van der Waals surface area contributed by atoms with E-state index in [0.717, 1.165) is 37.7 Å². The van der Waals surface area contributed by atoms with Crippen molar-refractivity contribution in [2.24, 2.45) is 28.6 Å². The third kappa shape index (κ3) is 4.04. The van der Waals surface area contributed by atoms with Crippen LogP contribution in [-0.2, 0) is 24.1 Å². The van der Waals surface area contributed by atoms with E-state index in [-0.39, 0.29) is 29.1 Å². The van der Waals surface area contributed by atoms with Gasteiger partial charge < -0.3 is 14.3 Å². The van der Waals surface area contributed by atoms with Crippen molar-refractivity contribution in [1.82, 2.24) is 0 Å². The molecule has 4 aliphatic carbocycles. The van der Waals surface area contributed by atoms with Gasteiger partial charge in [0.05, 0.1) is 18.0 Å². The summed E-state index contributed by atoms with van der Waals surface area (Å²) in [7, 11) is -4.49. The molecule has 2 N–H and O–H groups in total. The van der Waals surface area contributed by atoms with Crippen LogP contribution in [0.15, 0.2) is 27.6 Å². The van der Waals surface area contributed by atoms with E-state index in [4.69, 9.17) is 17.9 Å². The van der Waals surface area contributed by atoms with Gasteiger partial charge in [0.1, 0.15) is 6.10 Å². The zero-order chi connectivity index (χ0) is 26.1. The average molecular weight is 525 g/mol. The maximum absolute atomic E-state index is 12.5. The third-order valence-corrected chi connectivity index (χ3v) is 11.0. The maximum Gasteiger partial charge on any atom is 0.397 e. The molecule has 1 aromatic rings. The minimum atomic E-state index is -4.49. The van der Waals surface area contributed by atoms with Crippen LogP contribution in [0.4, 0.5) is 0 Å². The highest BCUT2D eigenvalue weighted by Crippen LogP contribution is 2.71. The molecule has 9 nitrogen and oxygen atoms in total. The van der Waals surface area contributed by atoms with E-state index in [0.29, 0.717) is 19.3 Å². The number of hydrogen-bond donors (Lipinski definition) is 2. The Labute approximate surface area is 211 Å². The van der Waals surface area contributed by atoms with Gasteiger partial charge in [-0.1, -0.05) is 13.8 Å². The molecule has 200 valence electrons. The molecule has 10 heteroatoms. The lowest BCUT2D eigenvalue weighted by atomic mass is 9.43. The van der Waals surface area contributed by atoms with E-state index < -0.39 is 45.2 Å². The molecule has 36 heavy (non-hydrogen) atoms. The van der Waals surface area contributed by atoms with Crippen LogP contribution in [0.5, 0.6) is 0 Å². The number of hydrogen-bond acceptors (Lipinski definition) is 8. The first-order chi connectivity index (χ1) is 16.8. The van der Waals surface area contributed by atoms with Crippen molar-refractivity contribution in [3.05, 3.63) is 34.4 Å². The molecule has 4 aliphatic rings. The number of carbonyl (C=O) groups excluding carboxylic acids is 1. The Balaban J connectivity index is 1.47. The van der Waals surface area contributed by atoms with Crippen LogP contribution in [0, 0.1) is 28.6 Å². The summed E-state index contributed by atoms with van der Waals surface area (Å²) in [5, 5.41) is 12.5. The number of ether oxygens (including phenoxy) is 1. The van der Waals surface area contributed by atoms with Crippen molar-refractivity contribution in [2.75, 3.05) is 0 Å². The number of esters is 1. The normalized spacial score (nSPS) is 44.2. The summed E-state index contributed by atoms with van der Waals surface area (Å²) in [5.41, 5.74) is -1.45. The quantitative estimate of drug-likeness (QED) is 0.446. The first kappa shape index (κ1) is 25.9. The van der Waals surface area contributed by atoms with Crippen LogP contribution in [0.25, 0.3) is 0 Å². The molecule has 0 amide bonds. The van der Waals surface area contributed by atoms with Crippen LogP contribution < -0.4 is 5.63 Å². The first-order valence-electron chi connectivity index (χ1n) is 12.9. The molecular weight excluding hydrogens is 488 g/mol. The lowest BCUT2D eigenvalue weighted by Crippen LogP contribution is -2.62. The highest BCUT2D eigenvalue weighted by molar-refractivity contribution is 7.80. The van der Waals surface area contributed by atoms with Crippen molar-refractivity contribution in [1.29, 1.82) is 0 Å².